The predicted octanol–water partition coefficient (Wildman–Crippen LogP) is 5.54. The maximum absolute atomic E-state index is 12.6. The van der Waals surface area contributed by atoms with Crippen molar-refractivity contribution < 1.29 is 4.79 Å². The molecule has 0 saturated heterocycles. The minimum atomic E-state index is -0.0989. The molecular formula is C22H19N3OS. The molecule has 5 heteroatoms. The number of carbonyl (C=O) groups excluding carboxylic acids is 1. The number of thiazole rings is 1. The van der Waals surface area contributed by atoms with Crippen LogP contribution in [0.4, 0.5) is 5.69 Å². The van der Waals surface area contributed by atoms with E-state index in [1.54, 1.807) is 17.5 Å². The highest BCUT2D eigenvalue weighted by Gasteiger charge is 2.11. The molecule has 2 aromatic heterocycles. The maximum Gasteiger partial charge on any atom is 0.255 e. The number of fused-ring (bicyclic) bond motifs is 1. The van der Waals surface area contributed by atoms with E-state index < -0.39 is 0 Å². The molecule has 1 amide bonds. The molecular weight excluding hydrogens is 354 g/mol. The Hall–Kier alpha value is -3.05. The molecule has 0 radical (unpaired) electrons. The van der Waals surface area contributed by atoms with Gasteiger partial charge < -0.3 is 5.32 Å². The number of nitrogens with zero attached hydrogens (tertiary/aromatic N) is 2. The molecule has 2 heterocycles. The molecule has 0 atom stereocenters. The Morgan fingerprint density at radius 3 is 2.56 bits per heavy atom. The highest BCUT2D eigenvalue weighted by Crippen LogP contribution is 2.31. The first-order chi connectivity index (χ1) is 13.0. The summed E-state index contributed by atoms with van der Waals surface area (Å²) in [6.45, 7) is 6.04. The van der Waals surface area contributed by atoms with Crippen molar-refractivity contribution in [3.8, 4) is 10.6 Å². The summed E-state index contributed by atoms with van der Waals surface area (Å²) in [5.41, 5.74) is 6.69. The van der Waals surface area contributed by atoms with E-state index in [0.717, 1.165) is 37.7 Å². The summed E-state index contributed by atoms with van der Waals surface area (Å²) in [5, 5.41) is 3.94. The number of amides is 1. The van der Waals surface area contributed by atoms with Crippen LogP contribution in [0.3, 0.4) is 0 Å². The third kappa shape index (κ3) is 3.46. The lowest BCUT2D eigenvalue weighted by molar-refractivity contribution is 0.102. The first-order valence-electron chi connectivity index (χ1n) is 8.72. The van der Waals surface area contributed by atoms with Crippen LogP contribution in [0.15, 0.2) is 54.7 Å². The number of aromatic nitrogens is 2. The van der Waals surface area contributed by atoms with E-state index >= 15 is 0 Å². The Bertz CT molecular complexity index is 1130. The summed E-state index contributed by atoms with van der Waals surface area (Å²) in [5.74, 6) is -0.0989. The zero-order valence-electron chi connectivity index (χ0n) is 15.4. The van der Waals surface area contributed by atoms with Crippen LogP contribution in [0, 0.1) is 20.8 Å². The minimum Gasteiger partial charge on any atom is -0.322 e. The number of anilines is 1. The fraction of sp³-hybridized carbons (Fsp3) is 0.136. The standard InChI is InChI=1S/C22H19N3OS/c1-13-6-7-16(11-14(13)2)20(26)24-18-9-8-17(12-15(18)3)21-25-19-5-4-10-23-22(19)27-21/h4-12H,1-3H3,(H,24,26). The zero-order valence-corrected chi connectivity index (χ0v) is 16.2. The van der Waals surface area contributed by atoms with Gasteiger partial charge in [0.2, 0.25) is 0 Å². The van der Waals surface area contributed by atoms with Gasteiger partial charge in [-0.1, -0.05) is 17.4 Å². The van der Waals surface area contributed by atoms with Crippen molar-refractivity contribution in [3.05, 3.63) is 77.0 Å². The highest BCUT2D eigenvalue weighted by atomic mass is 32.1. The molecule has 0 aliphatic rings. The number of nitrogens with one attached hydrogen (secondary N) is 1. The van der Waals surface area contributed by atoms with Crippen LogP contribution < -0.4 is 5.32 Å². The molecule has 0 fully saturated rings. The second-order valence-electron chi connectivity index (χ2n) is 6.63. The average Bonchev–Trinajstić information content (AvgIpc) is 3.09. The van der Waals surface area contributed by atoms with Crippen molar-refractivity contribution >= 4 is 33.3 Å². The van der Waals surface area contributed by atoms with Gasteiger partial charge in [0.15, 0.2) is 0 Å². The molecule has 4 nitrogen and oxygen atoms in total. The lowest BCUT2D eigenvalue weighted by atomic mass is 10.1. The van der Waals surface area contributed by atoms with Crippen LogP contribution >= 0.6 is 11.3 Å². The van der Waals surface area contributed by atoms with Crippen molar-refractivity contribution in [3.63, 3.8) is 0 Å². The predicted molar refractivity (Wildman–Crippen MR) is 111 cm³/mol. The Balaban J connectivity index is 1.59. The van der Waals surface area contributed by atoms with Crippen LogP contribution in [0.25, 0.3) is 20.9 Å². The van der Waals surface area contributed by atoms with Crippen molar-refractivity contribution in [1.82, 2.24) is 9.97 Å². The van der Waals surface area contributed by atoms with Gasteiger partial charge in [0, 0.05) is 23.0 Å². The molecule has 0 bridgehead atoms. The van der Waals surface area contributed by atoms with E-state index in [2.05, 4.69) is 15.3 Å². The monoisotopic (exact) mass is 373 g/mol. The van der Waals surface area contributed by atoms with E-state index in [-0.39, 0.29) is 5.91 Å². The fourth-order valence-electron chi connectivity index (χ4n) is 2.91. The van der Waals surface area contributed by atoms with Gasteiger partial charge in [-0.05, 0) is 79.9 Å². The second-order valence-corrected chi connectivity index (χ2v) is 7.61. The van der Waals surface area contributed by atoms with Gasteiger partial charge in [-0.25, -0.2) is 9.97 Å². The summed E-state index contributed by atoms with van der Waals surface area (Å²) in [4.78, 5) is 22.5. The summed E-state index contributed by atoms with van der Waals surface area (Å²) in [6.07, 6.45) is 1.78. The van der Waals surface area contributed by atoms with Crippen LogP contribution in [-0.2, 0) is 0 Å². The normalized spacial score (nSPS) is 10.9. The molecule has 0 unspecified atom stereocenters. The number of rotatable bonds is 3. The number of benzene rings is 2. The largest absolute Gasteiger partial charge is 0.322 e. The number of hydrogen-bond acceptors (Lipinski definition) is 4. The van der Waals surface area contributed by atoms with Gasteiger partial charge in [-0.2, -0.15) is 0 Å². The van der Waals surface area contributed by atoms with Crippen LogP contribution in [0.1, 0.15) is 27.0 Å². The van der Waals surface area contributed by atoms with Crippen LogP contribution in [0.5, 0.6) is 0 Å². The topological polar surface area (TPSA) is 54.9 Å². The molecule has 0 aliphatic heterocycles. The molecule has 4 rings (SSSR count). The quantitative estimate of drug-likeness (QED) is 0.513. The van der Waals surface area contributed by atoms with Crippen molar-refractivity contribution in [2.24, 2.45) is 0 Å². The van der Waals surface area contributed by atoms with Crippen molar-refractivity contribution in [2.45, 2.75) is 20.8 Å². The molecule has 0 saturated carbocycles. The van der Waals surface area contributed by atoms with Crippen LogP contribution in [0.2, 0.25) is 0 Å². The molecule has 0 spiro atoms. The lowest BCUT2D eigenvalue weighted by Gasteiger charge is -2.10. The molecule has 0 aliphatic carbocycles. The zero-order chi connectivity index (χ0) is 19.0. The smallest absolute Gasteiger partial charge is 0.255 e. The van der Waals surface area contributed by atoms with Crippen molar-refractivity contribution in [2.75, 3.05) is 5.32 Å². The minimum absolute atomic E-state index is 0.0989. The Kier molecular flexibility index (Phi) is 4.46. The summed E-state index contributed by atoms with van der Waals surface area (Å²) in [6, 6.07) is 15.6. The average molecular weight is 373 g/mol. The molecule has 1 N–H and O–H groups in total. The maximum atomic E-state index is 12.6. The van der Waals surface area contributed by atoms with E-state index in [1.807, 2.05) is 69.3 Å². The molecule has 27 heavy (non-hydrogen) atoms. The Morgan fingerprint density at radius 1 is 0.963 bits per heavy atom. The Morgan fingerprint density at radius 2 is 1.81 bits per heavy atom. The number of hydrogen-bond donors (Lipinski definition) is 1. The second kappa shape index (κ2) is 6.93. The summed E-state index contributed by atoms with van der Waals surface area (Å²) < 4.78 is 0. The number of pyridine rings is 1. The van der Waals surface area contributed by atoms with Crippen molar-refractivity contribution in [1.29, 1.82) is 0 Å². The van der Waals surface area contributed by atoms with Gasteiger partial charge >= 0.3 is 0 Å². The van der Waals surface area contributed by atoms with Crippen LogP contribution in [-0.4, -0.2) is 15.9 Å². The first kappa shape index (κ1) is 17.4. The van der Waals surface area contributed by atoms with Gasteiger partial charge in [-0.15, -0.1) is 0 Å². The fourth-order valence-corrected chi connectivity index (χ4v) is 3.81. The highest BCUT2D eigenvalue weighted by molar-refractivity contribution is 7.21. The summed E-state index contributed by atoms with van der Waals surface area (Å²) >= 11 is 1.57. The third-order valence-electron chi connectivity index (χ3n) is 4.66. The van der Waals surface area contributed by atoms with E-state index in [1.165, 1.54) is 5.56 Å². The van der Waals surface area contributed by atoms with E-state index in [0.29, 0.717) is 5.56 Å². The van der Waals surface area contributed by atoms with Gasteiger partial charge in [-0.3, -0.25) is 4.79 Å². The third-order valence-corrected chi connectivity index (χ3v) is 5.69. The van der Waals surface area contributed by atoms with Gasteiger partial charge in [0.05, 0.1) is 0 Å². The molecule has 134 valence electrons. The number of aryl methyl sites for hydroxylation is 3. The summed E-state index contributed by atoms with van der Waals surface area (Å²) in [7, 11) is 0. The van der Waals surface area contributed by atoms with E-state index in [4.69, 9.17) is 0 Å². The lowest BCUT2D eigenvalue weighted by Crippen LogP contribution is -2.13. The Labute approximate surface area is 161 Å². The first-order valence-corrected chi connectivity index (χ1v) is 9.54. The molecule has 4 aromatic rings. The van der Waals surface area contributed by atoms with E-state index in [9.17, 15) is 4.79 Å². The van der Waals surface area contributed by atoms with Gasteiger partial charge in [0.1, 0.15) is 15.4 Å². The van der Waals surface area contributed by atoms with Gasteiger partial charge in [0.25, 0.3) is 5.91 Å². The number of carbonyl (C=O) groups is 1. The molecule has 2 aromatic carbocycles. The SMILES string of the molecule is Cc1ccc(C(=O)Nc2ccc(-c3nc4cccnc4s3)cc2C)cc1C.